The molecule has 0 aromatic carbocycles. The third kappa shape index (κ3) is 2.17. The summed E-state index contributed by atoms with van der Waals surface area (Å²) in [5.74, 6) is 0.416. The Morgan fingerprint density at radius 1 is 1.50 bits per heavy atom. The summed E-state index contributed by atoms with van der Waals surface area (Å²) in [6.45, 7) is 2.26. The summed E-state index contributed by atoms with van der Waals surface area (Å²) < 4.78 is 6.36. The second-order valence-corrected chi connectivity index (χ2v) is 3.79. The van der Waals surface area contributed by atoms with Crippen LogP contribution in [0.5, 0.6) is 0 Å². The number of carbonyl (C=O) groups excluding carboxylic acids is 1. The number of esters is 1. The molecule has 2 aromatic heterocycles. The minimum absolute atomic E-state index is 0.144. The van der Waals surface area contributed by atoms with Gasteiger partial charge in [-0.05, 0) is 19.1 Å². The van der Waals surface area contributed by atoms with E-state index in [-0.39, 0.29) is 5.69 Å². The van der Waals surface area contributed by atoms with Crippen molar-refractivity contribution in [2.75, 3.05) is 12.8 Å². The highest BCUT2D eigenvalue weighted by Crippen LogP contribution is 2.16. The number of nitrogen functional groups attached to an aromatic ring is 1. The fourth-order valence-electron chi connectivity index (χ4n) is 1.68. The Balaban J connectivity index is 2.34. The number of imidazole rings is 1. The lowest BCUT2D eigenvalue weighted by Crippen LogP contribution is -2.10. The summed E-state index contributed by atoms with van der Waals surface area (Å²) in [7, 11) is 1.30. The molecule has 0 fully saturated rings. The van der Waals surface area contributed by atoms with E-state index in [0.29, 0.717) is 18.2 Å². The van der Waals surface area contributed by atoms with E-state index in [1.54, 1.807) is 17.7 Å². The van der Waals surface area contributed by atoms with Crippen LogP contribution >= 0.6 is 0 Å². The van der Waals surface area contributed by atoms with Crippen LogP contribution in [0.1, 0.15) is 22.0 Å². The summed E-state index contributed by atoms with van der Waals surface area (Å²) >= 11 is 0. The number of nitrogens with zero attached hydrogens (tertiary/aromatic N) is 3. The zero-order valence-electron chi connectivity index (χ0n) is 10.3. The second-order valence-electron chi connectivity index (χ2n) is 3.79. The van der Waals surface area contributed by atoms with E-state index >= 15 is 0 Å². The summed E-state index contributed by atoms with van der Waals surface area (Å²) in [4.78, 5) is 19.8. The molecule has 0 radical (unpaired) electrons. The van der Waals surface area contributed by atoms with Crippen molar-refractivity contribution in [1.29, 1.82) is 0 Å². The van der Waals surface area contributed by atoms with E-state index in [4.69, 9.17) is 5.73 Å². The number of pyridine rings is 1. The van der Waals surface area contributed by atoms with Crippen molar-refractivity contribution in [2.24, 2.45) is 0 Å². The van der Waals surface area contributed by atoms with Gasteiger partial charge < -0.3 is 15.0 Å². The van der Waals surface area contributed by atoms with Gasteiger partial charge in [-0.2, -0.15) is 0 Å². The van der Waals surface area contributed by atoms with Crippen molar-refractivity contribution in [3.8, 4) is 0 Å². The summed E-state index contributed by atoms with van der Waals surface area (Å²) in [5.41, 5.74) is 6.89. The van der Waals surface area contributed by atoms with Crippen LogP contribution < -0.4 is 5.73 Å². The number of aryl methyl sites for hydroxylation is 1. The minimum Gasteiger partial charge on any atom is -0.464 e. The monoisotopic (exact) mass is 246 g/mol. The van der Waals surface area contributed by atoms with Crippen molar-refractivity contribution < 1.29 is 9.53 Å². The first-order valence-electron chi connectivity index (χ1n) is 5.44. The lowest BCUT2D eigenvalue weighted by atomic mass is 10.3. The maximum Gasteiger partial charge on any atom is 0.360 e. The van der Waals surface area contributed by atoms with Gasteiger partial charge in [-0.15, -0.1) is 0 Å². The smallest absolute Gasteiger partial charge is 0.360 e. The van der Waals surface area contributed by atoms with Crippen molar-refractivity contribution in [3.63, 3.8) is 0 Å². The maximum atomic E-state index is 11.5. The van der Waals surface area contributed by atoms with E-state index in [1.165, 1.54) is 7.11 Å². The van der Waals surface area contributed by atoms with E-state index < -0.39 is 5.97 Å². The van der Waals surface area contributed by atoms with Gasteiger partial charge >= 0.3 is 5.97 Å². The van der Waals surface area contributed by atoms with Gasteiger partial charge in [0.15, 0.2) is 5.69 Å². The lowest BCUT2D eigenvalue weighted by molar-refractivity contribution is 0.0595. The molecule has 0 atom stereocenters. The van der Waals surface area contributed by atoms with Gasteiger partial charge in [0.1, 0.15) is 11.6 Å². The normalized spacial score (nSPS) is 10.3. The summed E-state index contributed by atoms with van der Waals surface area (Å²) in [5, 5.41) is 0. The molecule has 94 valence electrons. The number of nitrogens with two attached hydrogens (primary N) is 1. The van der Waals surface area contributed by atoms with E-state index in [2.05, 4.69) is 14.7 Å². The molecule has 6 nitrogen and oxygen atoms in total. The topological polar surface area (TPSA) is 83.0 Å². The van der Waals surface area contributed by atoms with E-state index in [1.807, 2.05) is 18.2 Å². The number of hydrogen-bond acceptors (Lipinski definition) is 5. The van der Waals surface area contributed by atoms with Crippen molar-refractivity contribution in [2.45, 2.75) is 13.5 Å². The average Bonchev–Trinajstić information content (AvgIpc) is 2.67. The molecule has 0 amide bonds. The van der Waals surface area contributed by atoms with Crippen LogP contribution in [0.2, 0.25) is 0 Å². The third-order valence-corrected chi connectivity index (χ3v) is 2.62. The summed E-state index contributed by atoms with van der Waals surface area (Å²) in [6.07, 6.45) is 1.71. The molecule has 0 aliphatic rings. The SMILES string of the molecule is COC(=O)c1nc(C)n(Cc2ccccn2)c1N. The molecule has 2 aromatic rings. The molecule has 0 saturated heterocycles. The van der Waals surface area contributed by atoms with Crippen LogP contribution in [0.4, 0.5) is 5.82 Å². The highest BCUT2D eigenvalue weighted by atomic mass is 16.5. The molecular formula is C12H14N4O2. The highest BCUT2D eigenvalue weighted by Gasteiger charge is 2.19. The van der Waals surface area contributed by atoms with Crippen LogP contribution in [-0.2, 0) is 11.3 Å². The number of ether oxygens (including phenoxy) is 1. The van der Waals surface area contributed by atoms with Gasteiger partial charge in [0.05, 0.1) is 19.3 Å². The van der Waals surface area contributed by atoms with Crippen LogP contribution in [0.25, 0.3) is 0 Å². The molecule has 0 saturated carbocycles. The number of aromatic nitrogens is 3. The quantitative estimate of drug-likeness (QED) is 0.817. The van der Waals surface area contributed by atoms with Crippen molar-refractivity contribution in [1.82, 2.24) is 14.5 Å². The molecule has 2 N–H and O–H groups in total. The van der Waals surface area contributed by atoms with Crippen molar-refractivity contribution >= 4 is 11.8 Å². The Morgan fingerprint density at radius 2 is 2.28 bits per heavy atom. The van der Waals surface area contributed by atoms with Gasteiger partial charge in [-0.25, -0.2) is 9.78 Å². The fourth-order valence-corrected chi connectivity index (χ4v) is 1.68. The molecule has 2 heterocycles. The molecule has 0 aliphatic carbocycles. The van der Waals surface area contributed by atoms with E-state index in [9.17, 15) is 4.79 Å². The molecule has 0 spiro atoms. The molecule has 0 aliphatic heterocycles. The molecule has 2 rings (SSSR count). The standard InChI is InChI=1S/C12H14N4O2/c1-8-15-10(12(17)18-2)11(13)16(8)7-9-5-3-4-6-14-9/h3-6H,7,13H2,1-2H3. The largest absolute Gasteiger partial charge is 0.464 e. The average molecular weight is 246 g/mol. The first kappa shape index (κ1) is 12.1. The van der Waals surface area contributed by atoms with Crippen LogP contribution in [0.3, 0.4) is 0 Å². The van der Waals surface area contributed by atoms with Gasteiger partial charge in [0, 0.05) is 6.20 Å². The molecule has 18 heavy (non-hydrogen) atoms. The zero-order valence-corrected chi connectivity index (χ0v) is 10.3. The van der Waals surface area contributed by atoms with Crippen LogP contribution in [-0.4, -0.2) is 27.6 Å². The maximum absolute atomic E-state index is 11.5. The number of carbonyl (C=O) groups is 1. The number of anilines is 1. The third-order valence-electron chi connectivity index (χ3n) is 2.62. The first-order valence-corrected chi connectivity index (χ1v) is 5.44. The first-order chi connectivity index (χ1) is 8.63. The Morgan fingerprint density at radius 3 is 2.89 bits per heavy atom. The Bertz CT molecular complexity index is 563. The predicted molar refractivity (Wildman–Crippen MR) is 66.1 cm³/mol. The number of hydrogen-bond donors (Lipinski definition) is 1. The Labute approximate surface area is 104 Å². The van der Waals surface area contributed by atoms with Crippen LogP contribution in [0, 0.1) is 6.92 Å². The fraction of sp³-hybridized carbons (Fsp3) is 0.250. The molecule has 0 unspecified atom stereocenters. The Kier molecular flexibility index (Phi) is 3.27. The molecule has 0 bridgehead atoms. The second kappa shape index (κ2) is 4.87. The van der Waals surface area contributed by atoms with Gasteiger partial charge in [0.2, 0.25) is 0 Å². The van der Waals surface area contributed by atoms with Gasteiger partial charge in [-0.1, -0.05) is 6.07 Å². The van der Waals surface area contributed by atoms with Gasteiger partial charge in [-0.3, -0.25) is 4.98 Å². The lowest BCUT2D eigenvalue weighted by Gasteiger charge is -2.06. The molecular weight excluding hydrogens is 232 g/mol. The van der Waals surface area contributed by atoms with Gasteiger partial charge in [0.25, 0.3) is 0 Å². The minimum atomic E-state index is -0.532. The predicted octanol–water partition coefficient (Wildman–Crippen LogP) is 1.00. The summed E-state index contributed by atoms with van der Waals surface area (Å²) in [6, 6.07) is 5.62. The zero-order chi connectivity index (χ0) is 13.1. The number of methoxy groups -OCH3 is 1. The highest BCUT2D eigenvalue weighted by molar-refractivity contribution is 5.92. The Hall–Kier alpha value is -2.37. The van der Waals surface area contributed by atoms with Crippen LogP contribution in [0.15, 0.2) is 24.4 Å². The van der Waals surface area contributed by atoms with E-state index in [0.717, 1.165) is 5.69 Å². The number of rotatable bonds is 3. The molecule has 6 heteroatoms. The van der Waals surface area contributed by atoms with Crippen molar-refractivity contribution in [3.05, 3.63) is 41.6 Å².